The van der Waals surface area contributed by atoms with Crippen LogP contribution < -0.4 is 11.1 Å². The summed E-state index contributed by atoms with van der Waals surface area (Å²) in [4.78, 5) is 23.0. The molecular weight excluding hydrogens is 368 g/mol. The number of ether oxygens (including phenoxy) is 2. The summed E-state index contributed by atoms with van der Waals surface area (Å²) in [6, 6.07) is 0.178. The van der Waals surface area contributed by atoms with Gasteiger partial charge in [-0.3, -0.25) is 0 Å². The Hall–Kier alpha value is -1.14. The van der Waals surface area contributed by atoms with Crippen LogP contribution in [0.25, 0.3) is 0 Å². The summed E-state index contributed by atoms with van der Waals surface area (Å²) in [5.41, 5.74) is 5.48. The van der Waals surface area contributed by atoms with Gasteiger partial charge < -0.3 is 25.3 Å². The Morgan fingerprint density at radius 1 is 1.14 bits per heavy atom. The lowest BCUT2D eigenvalue weighted by Crippen LogP contribution is -2.48. The number of aldehydes is 1. The first-order valence-corrected chi connectivity index (χ1v) is 11.0. The highest BCUT2D eigenvalue weighted by molar-refractivity contribution is 5.67. The molecule has 1 amide bonds. The minimum Gasteiger partial charge on any atom is -0.444 e. The maximum atomic E-state index is 12.4. The number of rotatable bonds is 11. The fourth-order valence-electron chi connectivity index (χ4n) is 4.73. The molecule has 2 unspecified atom stereocenters. The van der Waals surface area contributed by atoms with Gasteiger partial charge in [0.2, 0.25) is 0 Å². The molecule has 0 aromatic heterocycles. The number of amides is 1. The van der Waals surface area contributed by atoms with Crippen LogP contribution in [-0.2, 0) is 14.3 Å². The van der Waals surface area contributed by atoms with E-state index in [9.17, 15) is 9.59 Å². The second-order valence-electron chi connectivity index (χ2n) is 11.3. The van der Waals surface area contributed by atoms with Crippen molar-refractivity contribution in [2.45, 2.75) is 111 Å². The minimum absolute atomic E-state index is 0.00398. The Bertz CT molecular complexity index is 545. The molecule has 6 nitrogen and oxygen atoms in total. The third-order valence-electron chi connectivity index (χ3n) is 5.74. The summed E-state index contributed by atoms with van der Waals surface area (Å²) < 4.78 is 11.4. The number of unbranched alkanes of at least 4 members (excludes halogenated alkanes) is 1. The van der Waals surface area contributed by atoms with E-state index < -0.39 is 11.2 Å². The number of carbonyl (C=O) groups is 2. The second-order valence-corrected chi connectivity index (χ2v) is 11.3. The lowest BCUT2D eigenvalue weighted by Gasteiger charge is -2.45. The molecule has 0 aromatic carbocycles. The van der Waals surface area contributed by atoms with Crippen molar-refractivity contribution in [3.05, 3.63) is 0 Å². The van der Waals surface area contributed by atoms with Gasteiger partial charge in [0.25, 0.3) is 0 Å². The van der Waals surface area contributed by atoms with Crippen LogP contribution in [0.1, 0.15) is 93.4 Å². The molecule has 1 aliphatic rings. The van der Waals surface area contributed by atoms with E-state index in [0.29, 0.717) is 19.6 Å². The van der Waals surface area contributed by atoms with E-state index in [-0.39, 0.29) is 23.0 Å². The van der Waals surface area contributed by atoms with Crippen molar-refractivity contribution in [1.29, 1.82) is 0 Å². The van der Waals surface area contributed by atoms with Crippen LogP contribution >= 0.6 is 0 Å². The topological polar surface area (TPSA) is 90.7 Å². The Labute approximate surface area is 177 Å². The van der Waals surface area contributed by atoms with Gasteiger partial charge in [0.05, 0.1) is 5.60 Å². The van der Waals surface area contributed by atoms with E-state index in [2.05, 4.69) is 26.1 Å². The van der Waals surface area contributed by atoms with Crippen molar-refractivity contribution in [3.8, 4) is 0 Å². The van der Waals surface area contributed by atoms with Crippen molar-refractivity contribution >= 4 is 12.4 Å². The normalized spacial score (nSPS) is 24.8. The fraction of sp³-hybridized carbons (Fsp3) is 0.913. The maximum absolute atomic E-state index is 12.4. The highest BCUT2D eigenvalue weighted by atomic mass is 16.6. The standard InChI is InChI=1S/C23H44N2O4/c1-20(2)14-18(24)15-23(7,16-20)17-25-19(27)29-22(5,6)10-8-9-13-28-21(3,4)11-12-26/h12,18H,8-11,13-17,24H2,1-7H3,(H,25,27). The van der Waals surface area contributed by atoms with Crippen molar-refractivity contribution in [3.63, 3.8) is 0 Å². The van der Waals surface area contributed by atoms with Gasteiger partial charge in [0, 0.05) is 25.6 Å². The number of hydrogen-bond donors (Lipinski definition) is 2. The maximum Gasteiger partial charge on any atom is 0.407 e. The summed E-state index contributed by atoms with van der Waals surface area (Å²) in [6.45, 7) is 15.6. The second kappa shape index (κ2) is 10.3. The summed E-state index contributed by atoms with van der Waals surface area (Å²) in [6.07, 6.45) is 6.40. The molecule has 0 bridgehead atoms. The molecule has 3 N–H and O–H groups in total. The van der Waals surface area contributed by atoms with Gasteiger partial charge in [-0.05, 0) is 77.0 Å². The zero-order chi connectivity index (χ0) is 22.3. The number of carbonyl (C=O) groups excluding carboxylic acids is 2. The van der Waals surface area contributed by atoms with Crippen molar-refractivity contribution in [2.24, 2.45) is 16.6 Å². The molecule has 0 heterocycles. The van der Waals surface area contributed by atoms with Gasteiger partial charge in [-0.25, -0.2) is 4.79 Å². The number of nitrogens with two attached hydrogens (primary N) is 1. The van der Waals surface area contributed by atoms with Crippen molar-refractivity contribution < 1.29 is 19.1 Å². The molecule has 1 aliphatic carbocycles. The molecule has 1 rings (SSSR count). The van der Waals surface area contributed by atoms with Gasteiger partial charge in [0.1, 0.15) is 11.9 Å². The molecule has 170 valence electrons. The van der Waals surface area contributed by atoms with E-state index in [1.807, 2.05) is 27.7 Å². The number of hydrogen-bond acceptors (Lipinski definition) is 5. The molecule has 0 saturated heterocycles. The predicted octanol–water partition coefficient (Wildman–Crippen LogP) is 4.59. The first-order chi connectivity index (χ1) is 13.2. The van der Waals surface area contributed by atoms with Crippen LogP contribution in [0.4, 0.5) is 4.79 Å². The highest BCUT2D eigenvalue weighted by Crippen LogP contribution is 2.45. The molecule has 1 fully saturated rings. The third kappa shape index (κ3) is 10.4. The van der Waals surface area contributed by atoms with E-state index >= 15 is 0 Å². The van der Waals surface area contributed by atoms with E-state index in [0.717, 1.165) is 44.8 Å². The van der Waals surface area contributed by atoms with Gasteiger partial charge in [-0.2, -0.15) is 0 Å². The van der Waals surface area contributed by atoms with Crippen LogP contribution in [-0.4, -0.2) is 42.8 Å². The Morgan fingerprint density at radius 2 is 1.79 bits per heavy atom. The summed E-state index contributed by atoms with van der Waals surface area (Å²) in [5.74, 6) is 0. The SMILES string of the molecule is CC1(C)CC(N)CC(C)(CNC(=O)OC(C)(C)CCCCOC(C)(C)CC=O)C1. The van der Waals surface area contributed by atoms with E-state index in [4.69, 9.17) is 15.2 Å². The Balaban J connectivity index is 2.34. The molecule has 0 aliphatic heterocycles. The summed E-state index contributed by atoms with van der Waals surface area (Å²) in [5, 5.41) is 2.97. The van der Waals surface area contributed by atoms with Crippen molar-refractivity contribution in [1.82, 2.24) is 5.32 Å². The van der Waals surface area contributed by atoms with Gasteiger partial charge >= 0.3 is 6.09 Å². The molecule has 0 radical (unpaired) electrons. The Kier molecular flexibility index (Phi) is 9.15. The monoisotopic (exact) mass is 412 g/mol. The van der Waals surface area contributed by atoms with Crippen molar-refractivity contribution in [2.75, 3.05) is 13.2 Å². The van der Waals surface area contributed by atoms with E-state index in [1.165, 1.54) is 0 Å². The lowest BCUT2D eigenvalue weighted by molar-refractivity contribution is -0.113. The molecule has 6 heteroatoms. The molecule has 1 saturated carbocycles. The number of alkyl carbamates (subject to hydrolysis) is 1. The lowest BCUT2D eigenvalue weighted by atomic mass is 9.63. The predicted molar refractivity (Wildman–Crippen MR) is 117 cm³/mol. The smallest absolute Gasteiger partial charge is 0.407 e. The first kappa shape index (κ1) is 25.9. The zero-order valence-electron chi connectivity index (χ0n) is 19.7. The summed E-state index contributed by atoms with van der Waals surface area (Å²) >= 11 is 0. The van der Waals surface area contributed by atoms with Gasteiger partial charge in [-0.1, -0.05) is 20.8 Å². The average Bonchev–Trinajstić information content (AvgIpc) is 2.49. The van der Waals surface area contributed by atoms with Gasteiger partial charge in [0.15, 0.2) is 0 Å². The Morgan fingerprint density at radius 3 is 2.38 bits per heavy atom. The first-order valence-electron chi connectivity index (χ1n) is 11.0. The molecular formula is C23H44N2O4. The molecule has 0 spiro atoms. The third-order valence-corrected chi connectivity index (χ3v) is 5.74. The molecule has 2 atom stereocenters. The zero-order valence-corrected chi connectivity index (χ0v) is 19.7. The average molecular weight is 413 g/mol. The van der Waals surface area contributed by atoms with Crippen LogP contribution in [0.15, 0.2) is 0 Å². The molecule has 29 heavy (non-hydrogen) atoms. The van der Waals surface area contributed by atoms with Crippen LogP contribution in [0.3, 0.4) is 0 Å². The van der Waals surface area contributed by atoms with Crippen LogP contribution in [0.2, 0.25) is 0 Å². The largest absolute Gasteiger partial charge is 0.444 e. The van der Waals surface area contributed by atoms with Gasteiger partial charge in [-0.15, -0.1) is 0 Å². The van der Waals surface area contributed by atoms with Crippen LogP contribution in [0, 0.1) is 10.8 Å². The summed E-state index contributed by atoms with van der Waals surface area (Å²) in [7, 11) is 0. The number of nitrogens with one attached hydrogen (secondary N) is 1. The highest BCUT2D eigenvalue weighted by Gasteiger charge is 2.40. The fourth-order valence-corrected chi connectivity index (χ4v) is 4.73. The van der Waals surface area contributed by atoms with Crippen LogP contribution in [0.5, 0.6) is 0 Å². The quantitative estimate of drug-likeness (QED) is 0.383. The van der Waals surface area contributed by atoms with E-state index in [1.54, 1.807) is 0 Å². The molecule has 0 aromatic rings. The minimum atomic E-state index is -0.536.